The molecule has 0 aliphatic carbocycles. The van der Waals surface area contributed by atoms with Crippen LogP contribution in [0, 0.1) is 0 Å². The van der Waals surface area contributed by atoms with Crippen LogP contribution >= 0.6 is 27.7 Å². The summed E-state index contributed by atoms with van der Waals surface area (Å²) in [5.41, 5.74) is -0.651. The summed E-state index contributed by atoms with van der Waals surface area (Å²) in [5, 5.41) is 2.46. The lowest BCUT2D eigenvalue weighted by atomic mass is 10.2. The number of hydrogen-bond acceptors (Lipinski definition) is 2. The number of thioether (sulfide) groups is 1. The fourth-order valence-electron chi connectivity index (χ4n) is 1.20. The summed E-state index contributed by atoms with van der Waals surface area (Å²) >= 11 is 4.61. The highest BCUT2D eigenvalue weighted by Gasteiger charge is 2.31. The van der Waals surface area contributed by atoms with Gasteiger partial charge in [0.25, 0.3) is 0 Å². The van der Waals surface area contributed by atoms with Crippen LogP contribution in [-0.2, 0) is 11.0 Å². The maximum Gasteiger partial charge on any atom is 0.416 e. The van der Waals surface area contributed by atoms with Gasteiger partial charge in [0.2, 0.25) is 5.91 Å². The first-order valence-electron chi connectivity index (χ1n) is 5.00. The van der Waals surface area contributed by atoms with Crippen LogP contribution in [0.1, 0.15) is 12.0 Å². The number of halogens is 4. The van der Waals surface area contributed by atoms with Gasteiger partial charge >= 0.3 is 6.18 Å². The fourth-order valence-corrected chi connectivity index (χ4v) is 1.94. The zero-order valence-electron chi connectivity index (χ0n) is 9.47. The molecule has 18 heavy (non-hydrogen) atoms. The maximum absolute atomic E-state index is 12.5. The molecule has 1 amide bonds. The van der Waals surface area contributed by atoms with Crippen LogP contribution in [0.2, 0.25) is 0 Å². The van der Waals surface area contributed by atoms with E-state index in [1.165, 1.54) is 17.8 Å². The van der Waals surface area contributed by atoms with Crippen LogP contribution in [0.4, 0.5) is 18.9 Å². The van der Waals surface area contributed by atoms with Gasteiger partial charge in [0.1, 0.15) is 0 Å². The van der Waals surface area contributed by atoms with E-state index in [1.54, 1.807) is 0 Å². The summed E-state index contributed by atoms with van der Waals surface area (Å²) in [4.78, 5) is 11.5. The number of amides is 1. The second-order valence-electron chi connectivity index (χ2n) is 3.48. The van der Waals surface area contributed by atoms with Crippen molar-refractivity contribution in [3.63, 3.8) is 0 Å². The van der Waals surface area contributed by atoms with Crippen molar-refractivity contribution in [3.05, 3.63) is 28.2 Å². The number of benzene rings is 1. The van der Waals surface area contributed by atoms with Crippen molar-refractivity contribution in [1.29, 1.82) is 0 Å². The minimum atomic E-state index is -4.42. The van der Waals surface area contributed by atoms with Gasteiger partial charge in [-0.15, -0.1) is 0 Å². The highest BCUT2D eigenvalue weighted by atomic mass is 79.9. The smallest absolute Gasteiger partial charge is 0.325 e. The second kappa shape index (κ2) is 6.47. The molecule has 0 aliphatic heterocycles. The molecule has 0 atom stereocenters. The number of nitrogens with one attached hydrogen (secondary N) is 1. The Kier molecular flexibility index (Phi) is 5.52. The molecule has 0 radical (unpaired) electrons. The first kappa shape index (κ1) is 15.4. The van der Waals surface area contributed by atoms with E-state index in [4.69, 9.17) is 0 Å². The van der Waals surface area contributed by atoms with Crippen molar-refractivity contribution >= 4 is 39.3 Å². The molecule has 1 aromatic rings. The van der Waals surface area contributed by atoms with Gasteiger partial charge in [-0.2, -0.15) is 24.9 Å². The predicted molar refractivity (Wildman–Crippen MR) is 70.8 cm³/mol. The summed E-state index contributed by atoms with van der Waals surface area (Å²) < 4.78 is 37.9. The number of rotatable bonds is 4. The Morgan fingerprint density at radius 2 is 2.11 bits per heavy atom. The molecule has 100 valence electrons. The quantitative estimate of drug-likeness (QED) is 0.890. The van der Waals surface area contributed by atoms with Crippen molar-refractivity contribution in [1.82, 2.24) is 0 Å². The number of hydrogen-bond donors (Lipinski definition) is 1. The van der Waals surface area contributed by atoms with Crippen LogP contribution in [-0.4, -0.2) is 17.9 Å². The number of carbonyl (C=O) groups excluding carboxylic acids is 1. The predicted octanol–water partition coefficient (Wildman–Crippen LogP) is 4.16. The van der Waals surface area contributed by atoms with Gasteiger partial charge in [-0.05, 0) is 40.4 Å². The average Bonchev–Trinajstić information content (AvgIpc) is 2.28. The minimum Gasteiger partial charge on any atom is -0.325 e. The van der Waals surface area contributed by atoms with E-state index in [2.05, 4.69) is 21.2 Å². The summed E-state index contributed by atoms with van der Waals surface area (Å²) in [5.74, 6) is 0.326. The Morgan fingerprint density at radius 1 is 1.44 bits per heavy atom. The lowest BCUT2D eigenvalue weighted by Crippen LogP contribution is -2.14. The van der Waals surface area contributed by atoms with E-state index in [1.807, 2.05) is 6.26 Å². The van der Waals surface area contributed by atoms with Crippen LogP contribution in [0.25, 0.3) is 0 Å². The molecule has 0 fully saturated rings. The van der Waals surface area contributed by atoms with Gasteiger partial charge in [0.15, 0.2) is 0 Å². The topological polar surface area (TPSA) is 29.1 Å². The SMILES string of the molecule is CSCCC(=O)Nc1cc(C(F)(F)F)ccc1Br. The molecule has 0 heterocycles. The zero-order valence-corrected chi connectivity index (χ0v) is 11.9. The zero-order chi connectivity index (χ0) is 13.8. The molecule has 0 unspecified atom stereocenters. The first-order valence-corrected chi connectivity index (χ1v) is 7.19. The standard InChI is InChI=1S/C11H11BrF3NOS/c1-18-5-4-10(17)16-9-6-7(11(13,14)15)2-3-8(9)12/h2-3,6H,4-5H2,1H3,(H,16,17). The largest absolute Gasteiger partial charge is 0.416 e. The van der Waals surface area contributed by atoms with Crippen molar-refractivity contribution in [3.8, 4) is 0 Å². The van der Waals surface area contributed by atoms with Gasteiger partial charge < -0.3 is 5.32 Å². The molecular weight excluding hydrogens is 331 g/mol. The fraction of sp³-hybridized carbons (Fsp3) is 0.364. The molecule has 1 N–H and O–H groups in total. The Hall–Kier alpha value is -0.690. The summed E-state index contributed by atoms with van der Waals surface area (Å²) in [7, 11) is 0. The first-order chi connectivity index (χ1) is 8.34. The molecule has 0 saturated heterocycles. The molecule has 2 nitrogen and oxygen atoms in total. The Labute approximate surface area is 115 Å². The van der Waals surface area contributed by atoms with Gasteiger partial charge in [0.05, 0.1) is 11.3 Å². The van der Waals surface area contributed by atoms with E-state index in [0.29, 0.717) is 10.2 Å². The average molecular weight is 342 g/mol. The third-order valence-corrected chi connectivity index (χ3v) is 3.40. The van der Waals surface area contributed by atoms with E-state index in [0.717, 1.165) is 12.1 Å². The van der Waals surface area contributed by atoms with Gasteiger partial charge in [-0.3, -0.25) is 4.79 Å². The Morgan fingerprint density at radius 3 is 2.67 bits per heavy atom. The number of carbonyl (C=O) groups is 1. The maximum atomic E-state index is 12.5. The lowest BCUT2D eigenvalue weighted by Gasteiger charge is -2.11. The van der Waals surface area contributed by atoms with Crippen LogP contribution < -0.4 is 5.32 Å². The van der Waals surface area contributed by atoms with Gasteiger partial charge in [0, 0.05) is 16.6 Å². The molecule has 1 aromatic carbocycles. The van der Waals surface area contributed by atoms with Crippen molar-refractivity contribution in [2.45, 2.75) is 12.6 Å². The summed E-state index contributed by atoms with van der Waals surface area (Å²) in [6.45, 7) is 0. The molecule has 0 aliphatic rings. The normalized spacial score (nSPS) is 11.4. The van der Waals surface area contributed by atoms with Crippen LogP contribution in [0.15, 0.2) is 22.7 Å². The number of anilines is 1. The minimum absolute atomic E-state index is 0.135. The highest BCUT2D eigenvalue weighted by molar-refractivity contribution is 9.10. The molecule has 0 spiro atoms. The molecule has 0 bridgehead atoms. The molecule has 0 saturated carbocycles. The Balaban J connectivity index is 2.85. The van der Waals surface area contributed by atoms with Crippen LogP contribution in [0.3, 0.4) is 0 Å². The summed E-state index contributed by atoms with van der Waals surface area (Å²) in [6, 6.07) is 3.15. The summed E-state index contributed by atoms with van der Waals surface area (Å²) in [6.07, 6.45) is -2.29. The molecular formula is C11H11BrF3NOS. The Bertz CT molecular complexity index is 437. The highest BCUT2D eigenvalue weighted by Crippen LogP contribution is 2.33. The van der Waals surface area contributed by atoms with Crippen molar-refractivity contribution in [2.75, 3.05) is 17.3 Å². The second-order valence-corrected chi connectivity index (χ2v) is 5.32. The number of alkyl halides is 3. The molecule has 7 heteroatoms. The third kappa shape index (κ3) is 4.53. The van der Waals surface area contributed by atoms with Crippen LogP contribution in [0.5, 0.6) is 0 Å². The van der Waals surface area contributed by atoms with E-state index in [-0.39, 0.29) is 18.0 Å². The van der Waals surface area contributed by atoms with Gasteiger partial charge in [-0.1, -0.05) is 0 Å². The molecule has 1 rings (SSSR count). The monoisotopic (exact) mass is 341 g/mol. The third-order valence-electron chi connectivity index (χ3n) is 2.10. The van der Waals surface area contributed by atoms with E-state index in [9.17, 15) is 18.0 Å². The van der Waals surface area contributed by atoms with E-state index < -0.39 is 11.7 Å². The lowest BCUT2D eigenvalue weighted by molar-refractivity contribution is -0.137. The van der Waals surface area contributed by atoms with Crippen molar-refractivity contribution in [2.24, 2.45) is 0 Å². The molecule has 0 aromatic heterocycles. The van der Waals surface area contributed by atoms with Crippen molar-refractivity contribution < 1.29 is 18.0 Å². The van der Waals surface area contributed by atoms with E-state index >= 15 is 0 Å². The van der Waals surface area contributed by atoms with Gasteiger partial charge in [-0.25, -0.2) is 0 Å².